The van der Waals surface area contributed by atoms with Gasteiger partial charge >= 0.3 is 0 Å². The van der Waals surface area contributed by atoms with E-state index in [0.717, 1.165) is 0 Å². The van der Waals surface area contributed by atoms with Crippen molar-refractivity contribution in [2.24, 2.45) is 5.73 Å². The van der Waals surface area contributed by atoms with Crippen LogP contribution in [0.1, 0.15) is 11.1 Å². The van der Waals surface area contributed by atoms with Gasteiger partial charge in [-0.15, -0.1) is 0 Å². The summed E-state index contributed by atoms with van der Waals surface area (Å²) in [6.45, 7) is 0.240. The molecule has 0 atom stereocenters. The molecule has 0 saturated heterocycles. The van der Waals surface area contributed by atoms with Gasteiger partial charge in [-0.25, -0.2) is 8.78 Å². The highest BCUT2D eigenvalue weighted by Crippen LogP contribution is 2.26. The first-order valence-corrected chi connectivity index (χ1v) is 6.54. The minimum absolute atomic E-state index is 0.0947. The Balaban J connectivity index is 2.23. The Morgan fingerprint density at radius 1 is 1.05 bits per heavy atom. The first kappa shape index (κ1) is 14.8. The summed E-state index contributed by atoms with van der Waals surface area (Å²) in [5.74, 6) is -0.880. The molecule has 0 aliphatic carbocycles. The Morgan fingerprint density at radius 2 is 1.75 bits per heavy atom. The van der Waals surface area contributed by atoms with Crippen LogP contribution in [0.25, 0.3) is 0 Å². The molecule has 0 heterocycles. The molecule has 106 valence electrons. The summed E-state index contributed by atoms with van der Waals surface area (Å²) in [4.78, 5) is 0. The van der Waals surface area contributed by atoms with Gasteiger partial charge in [0.15, 0.2) is 11.6 Å². The number of benzene rings is 2. The molecule has 0 saturated carbocycles. The molecule has 0 bridgehead atoms. The van der Waals surface area contributed by atoms with Gasteiger partial charge in [-0.2, -0.15) is 0 Å². The Hall–Kier alpha value is -1.65. The van der Waals surface area contributed by atoms with Crippen molar-refractivity contribution in [3.63, 3.8) is 0 Å². The van der Waals surface area contributed by atoms with Crippen molar-refractivity contribution in [2.75, 3.05) is 6.54 Å². The molecular formula is C15H14ClF2NO. The van der Waals surface area contributed by atoms with E-state index in [4.69, 9.17) is 22.1 Å². The number of hydrogen-bond acceptors (Lipinski definition) is 2. The third-order valence-corrected chi connectivity index (χ3v) is 3.24. The lowest BCUT2D eigenvalue weighted by molar-refractivity contribution is 0.281. The van der Waals surface area contributed by atoms with E-state index in [0.29, 0.717) is 18.5 Å². The summed E-state index contributed by atoms with van der Waals surface area (Å²) in [6, 6.07) is 8.96. The molecule has 0 radical (unpaired) electrons. The maximum Gasteiger partial charge on any atom is 0.165 e. The summed E-state index contributed by atoms with van der Waals surface area (Å²) in [5.41, 5.74) is 6.33. The van der Waals surface area contributed by atoms with E-state index in [9.17, 15) is 8.78 Å². The van der Waals surface area contributed by atoms with Gasteiger partial charge in [-0.1, -0.05) is 29.8 Å². The summed E-state index contributed by atoms with van der Waals surface area (Å²) >= 11 is 5.90. The van der Waals surface area contributed by atoms with Gasteiger partial charge in [0.1, 0.15) is 12.4 Å². The van der Waals surface area contributed by atoms with Crippen molar-refractivity contribution in [2.45, 2.75) is 13.0 Å². The van der Waals surface area contributed by atoms with Crippen molar-refractivity contribution in [1.82, 2.24) is 0 Å². The predicted molar refractivity (Wildman–Crippen MR) is 74.9 cm³/mol. The minimum Gasteiger partial charge on any atom is -0.485 e. The van der Waals surface area contributed by atoms with Crippen molar-refractivity contribution in [3.05, 3.63) is 64.2 Å². The lowest BCUT2D eigenvalue weighted by Gasteiger charge is -2.13. The topological polar surface area (TPSA) is 35.2 Å². The molecule has 0 amide bonds. The molecule has 0 aliphatic rings. The molecular weight excluding hydrogens is 284 g/mol. The Kier molecular flexibility index (Phi) is 4.93. The zero-order valence-corrected chi connectivity index (χ0v) is 11.5. The second-order valence-corrected chi connectivity index (χ2v) is 4.66. The average Bonchev–Trinajstić information content (AvgIpc) is 2.41. The van der Waals surface area contributed by atoms with Crippen LogP contribution in [0, 0.1) is 11.6 Å². The Morgan fingerprint density at radius 3 is 2.45 bits per heavy atom. The first-order valence-electron chi connectivity index (χ1n) is 6.16. The SMILES string of the molecule is NCCc1cccc(F)c1OCc1c(F)cccc1Cl. The quantitative estimate of drug-likeness (QED) is 0.913. The van der Waals surface area contributed by atoms with Crippen LogP contribution >= 0.6 is 11.6 Å². The van der Waals surface area contributed by atoms with Crippen LogP contribution in [-0.2, 0) is 13.0 Å². The molecule has 0 fully saturated rings. The van der Waals surface area contributed by atoms with Crippen molar-refractivity contribution in [3.8, 4) is 5.75 Å². The highest BCUT2D eigenvalue weighted by molar-refractivity contribution is 6.31. The van der Waals surface area contributed by atoms with Crippen LogP contribution in [0.5, 0.6) is 5.75 Å². The second-order valence-electron chi connectivity index (χ2n) is 4.26. The van der Waals surface area contributed by atoms with Crippen LogP contribution in [0.3, 0.4) is 0 Å². The van der Waals surface area contributed by atoms with Crippen LogP contribution < -0.4 is 10.5 Å². The van der Waals surface area contributed by atoms with E-state index < -0.39 is 11.6 Å². The fourth-order valence-electron chi connectivity index (χ4n) is 1.88. The summed E-state index contributed by atoms with van der Waals surface area (Å²) in [7, 11) is 0. The lowest BCUT2D eigenvalue weighted by Crippen LogP contribution is -2.07. The normalized spacial score (nSPS) is 10.6. The van der Waals surface area contributed by atoms with E-state index in [1.807, 2.05) is 0 Å². The molecule has 2 aromatic rings. The smallest absolute Gasteiger partial charge is 0.165 e. The second kappa shape index (κ2) is 6.68. The minimum atomic E-state index is -0.497. The summed E-state index contributed by atoms with van der Waals surface area (Å²) < 4.78 is 32.8. The lowest BCUT2D eigenvalue weighted by atomic mass is 10.1. The fraction of sp³-hybridized carbons (Fsp3) is 0.200. The van der Waals surface area contributed by atoms with Crippen molar-refractivity contribution < 1.29 is 13.5 Å². The monoisotopic (exact) mass is 297 g/mol. The van der Waals surface area contributed by atoms with Gasteiger partial charge in [0.25, 0.3) is 0 Å². The largest absolute Gasteiger partial charge is 0.485 e. The maximum absolute atomic E-state index is 13.8. The van der Waals surface area contributed by atoms with E-state index in [2.05, 4.69) is 0 Å². The number of rotatable bonds is 5. The average molecular weight is 298 g/mol. The molecule has 0 aliphatic heterocycles. The number of hydrogen-bond donors (Lipinski definition) is 1. The van der Waals surface area contributed by atoms with Crippen molar-refractivity contribution in [1.29, 1.82) is 0 Å². The number of halogens is 3. The molecule has 2 aromatic carbocycles. The van der Waals surface area contributed by atoms with E-state index >= 15 is 0 Å². The molecule has 2 nitrogen and oxygen atoms in total. The summed E-state index contributed by atoms with van der Waals surface area (Å²) in [6.07, 6.45) is 0.484. The number of nitrogens with two attached hydrogens (primary N) is 1. The van der Waals surface area contributed by atoms with E-state index in [1.54, 1.807) is 18.2 Å². The van der Waals surface area contributed by atoms with Crippen molar-refractivity contribution >= 4 is 11.6 Å². The maximum atomic E-state index is 13.8. The highest BCUT2D eigenvalue weighted by Gasteiger charge is 2.12. The van der Waals surface area contributed by atoms with Crippen LogP contribution in [-0.4, -0.2) is 6.54 Å². The first-order chi connectivity index (χ1) is 9.63. The molecule has 0 aromatic heterocycles. The summed E-state index contributed by atoms with van der Waals surface area (Å²) in [5, 5.41) is 0.252. The van der Waals surface area contributed by atoms with Gasteiger partial charge in [0.2, 0.25) is 0 Å². The van der Waals surface area contributed by atoms with Gasteiger partial charge in [0.05, 0.1) is 5.02 Å². The van der Waals surface area contributed by atoms with Crippen LogP contribution in [0.4, 0.5) is 8.78 Å². The van der Waals surface area contributed by atoms with Gasteiger partial charge < -0.3 is 10.5 Å². The van der Waals surface area contributed by atoms with Gasteiger partial charge in [0, 0.05) is 5.56 Å². The zero-order chi connectivity index (χ0) is 14.5. The third-order valence-electron chi connectivity index (χ3n) is 2.88. The molecule has 20 heavy (non-hydrogen) atoms. The molecule has 0 unspecified atom stereocenters. The molecule has 5 heteroatoms. The Labute approximate surface area is 121 Å². The zero-order valence-electron chi connectivity index (χ0n) is 10.7. The molecule has 0 spiro atoms. The van der Waals surface area contributed by atoms with E-state index in [1.165, 1.54) is 18.2 Å². The van der Waals surface area contributed by atoms with Crippen LogP contribution in [0.2, 0.25) is 5.02 Å². The molecule has 2 rings (SSSR count). The number of para-hydroxylation sites is 1. The van der Waals surface area contributed by atoms with E-state index in [-0.39, 0.29) is 22.9 Å². The van der Waals surface area contributed by atoms with Crippen LogP contribution in [0.15, 0.2) is 36.4 Å². The molecule has 2 N–H and O–H groups in total. The standard InChI is InChI=1S/C15H14ClF2NO/c16-12-4-2-5-13(17)11(12)9-20-15-10(7-8-19)3-1-6-14(15)18/h1-6H,7-9,19H2. The highest BCUT2D eigenvalue weighted by atomic mass is 35.5. The Bertz CT molecular complexity index is 584. The fourth-order valence-corrected chi connectivity index (χ4v) is 2.10. The van der Waals surface area contributed by atoms with Gasteiger partial charge in [-0.3, -0.25) is 0 Å². The van der Waals surface area contributed by atoms with Gasteiger partial charge in [-0.05, 0) is 36.7 Å². The predicted octanol–water partition coefficient (Wildman–Crippen LogP) is 3.70. The third kappa shape index (κ3) is 3.26. The number of ether oxygens (including phenoxy) is 1.